The van der Waals surface area contributed by atoms with Crippen LogP contribution < -0.4 is 10.2 Å². The lowest BCUT2D eigenvalue weighted by molar-refractivity contribution is -0.137. The summed E-state index contributed by atoms with van der Waals surface area (Å²) < 4.78 is 38.3. The summed E-state index contributed by atoms with van der Waals surface area (Å²) in [5.41, 5.74) is -0.853. The number of carbonyl (C=O) groups is 1. The predicted molar refractivity (Wildman–Crippen MR) is 103 cm³/mol. The average Bonchev–Trinajstić information content (AvgIpc) is 2.68. The minimum Gasteiger partial charge on any atom is -0.355 e. The lowest BCUT2D eigenvalue weighted by atomic mass is 9.84. The maximum Gasteiger partial charge on any atom is 0.417 e. The Labute approximate surface area is 168 Å². The molecule has 1 N–H and O–H groups in total. The van der Waals surface area contributed by atoms with Crippen LogP contribution in [-0.4, -0.2) is 30.0 Å². The van der Waals surface area contributed by atoms with Gasteiger partial charge < -0.3 is 10.2 Å². The first-order valence-electron chi connectivity index (χ1n) is 10.1. The summed E-state index contributed by atoms with van der Waals surface area (Å²) in [5, 5.41) is 3.19. The van der Waals surface area contributed by atoms with Gasteiger partial charge in [-0.1, -0.05) is 24.9 Å². The van der Waals surface area contributed by atoms with Gasteiger partial charge in [-0.2, -0.15) is 13.2 Å². The number of nitrogens with one attached hydrogen (secondary N) is 1. The zero-order valence-corrected chi connectivity index (χ0v) is 16.8. The topological polar surface area (TPSA) is 45.2 Å². The Bertz CT molecular complexity index is 682. The number of halogens is 4. The lowest BCUT2D eigenvalue weighted by Gasteiger charge is -2.34. The summed E-state index contributed by atoms with van der Waals surface area (Å²) >= 11 is 6.04. The number of nitrogens with zero attached hydrogens (tertiary/aromatic N) is 2. The molecule has 0 spiro atoms. The Morgan fingerprint density at radius 3 is 2.39 bits per heavy atom. The van der Waals surface area contributed by atoms with E-state index in [1.165, 1.54) is 19.3 Å². The Kier molecular flexibility index (Phi) is 6.73. The minimum atomic E-state index is -4.46. The van der Waals surface area contributed by atoms with Crippen LogP contribution in [0.2, 0.25) is 5.02 Å². The molecule has 1 aliphatic heterocycles. The van der Waals surface area contributed by atoms with E-state index in [4.69, 9.17) is 11.6 Å². The standard InChI is InChI=1S/C20H27ClF3N3O/c1-2-13-3-5-16(6-4-13)26-19(28)14-7-9-27(10-8-14)18-17(21)11-15(12-25-18)20(22,23)24/h11-14,16H,2-10H2,1H3,(H,26,28). The van der Waals surface area contributed by atoms with Crippen LogP contribution in [0.4, 0.5) is 19.0 Å². The Hall–Kier alpha value is -1.50. The maximum absolute atomic E-state index is 12.8. The van der Waals surface area contributed by atoms with Crippen LogP contribution in [0.3, 0.4) is 0 Å². The Balaban J connectivity index is 1.51. The monoisotopic (exact) mass is 417 g/mol. The molecule has 0 radical (unpaired) electrons. The number of hydrogen-bond donors (Lipinski definition) is 1. The predicted octanol–water partition coefficient (Wildman–Crippen LogP) is 5.06. The highest BCUT2D eigenvalue weighted by molar-refractivity contribution is 6.33. The van der Waals surface area contributed by atoms with Gasteiger partial charge in [-0.05, 0) is 50.5 Å². The summed E-state index contributed by atoms with van der Waals surface area (Å²) in [7, 11) is 0. The van der Waals surface area contributed by atoms with Crippen molar-refractivity contribution < 1.29 is 18.0 Å². The van der Waals surface area contributed by atoms with Gasteiger partial charge in [0, 0.05) is 31.2 Å². The van der Waals surface area contributed by atoms with Crippen LogP contribution in [0.5, 0.6) is 0 Å². The number of hydrogen-bond acceptors (Lipinski definition) is 3. The molecule has 1 saturated heterocycles. The Morgan fingerprint density at radius 2 is 1.86 bits per heavy atom. The number of carbonyl (C=O) groups excluding carboxylic acids is 1. The third-order valence-electron chi connectivity index (χ3n) is 6.08. The van der Waals surface area contributed by atoms with Crippen molar-refractivity contribution in [1.82, 2.24) is 10.3 Å². The summed E-state index contributed by atoms with van der Waals surface area (Å²) in [6, 6.07) is 1.19. The van der Waals surface area contributed by atoms with Gasteiger partial charge in [-0.25, -0.2) is 4.98 Å². The van der Waals surface area contributed by atoms with Gasteiger partial charge in [0.05, 0.1) is 10.6 Å². The van der Waals surface area contributed by atoms with E-state index in [1.807, 2.05) is 4.90 Å². The first-order valence-corrected chi connectivity index (χ1v) is 10.4. The van der Waals surface area contributed by atoms with Crippen LogP contribution in [0.1, 0.15) is 57.4 Å². The zero-order valence-electron chi connectivity index (χ0n) is 16.1. The SMILES string of the molecule is CCC1CCC(NC(=O)C2CCN(c3ncc(C(F)(F)F)cc3Cl)CC2)CC1. The summed E-state index contributed by atoms with van der Waals surface area (Å²) in [4.78, 5) is 18.4. The fourth-order valence-electron chi connectivity index (χ4n) is 4.21. The molecule has 2 fully saturated rings. The van der Waals surface area contributed by atoms with Gasteiger partial charge in [0.25, 0.3) is 0 Å². The van der Waals surface area contributed by atoms with Crippen molar-refractivity contribution in [3.8, 4) is 0 Å². The molecule has 0 unspecified atom stereocenters. The molecule has 28 heavy (non-hydrogen) atoms. The van der Waals surface area contributed by atoms with Gasteiger partial charge in [0.1, 0.15) is 5.82 Å². The molecule has 0 bridgehead atoms. The average molecular weight is 418 g/mol. The van der Waals surface area contributed by atoms with Crippen LogP contribution in [-0.2, 0) is 11.0 Å². The number of pyridine rings is 1. The van der Waals surface area contributed by atoms with Crippen molar-refractivity contribution >= 4 is 23.3 Å². The van der Waals surface area contributed by atoms with Crippen molar-refractivity contribution in [3.05, 3.63) is 22.8 Å². The van der Waals surface area contributed by atoms with Crippen molar-refractivity contribution in [3.63, 3.8) is 0 Å². The molecular weight excluding hydrogens is 391 g/mol. The van der Waals surface area contributed by atoms with E-state index in [2.05, 4.69) is 17.2 Å². The summed E-state index contributed by atoms with van der Waals surface area (Å²) in [6.07, 6.45) is 3.31. The van der Waals surface area contributed by atoms with Gasteiger partial charge in [0.2, 0.25) is 5.91 Å². The zero-order chi connectivity index (χ0) is 20.3. The normalized spacial score (nSPS) is 24.2. The smallest absolute Gasteiger partial charge is 0.355 e. The molecular formula is C20H27ClF3N3O. The van der Waals surface area contributed by atoms with Gasteiger partial charge in [0.15, 0.2) is 0 Å². The minimum absolute atomic E-state index is 0.00888. The second kappa shape index (κ2) is 8.89. The van der Waals surface area contributed by atoms with Crippen molar-refractivity contribution in [2.75, 3.05) is 18.0 Å². The van der Waals surface area contributed by atoms with Gasteiger partial charge >= 0.3 is 6.18 Å². The van der Waals surface area contributed by atoms with Crippen LogP contribution >= 0.6 is 11.6 Å². The largest absolute Gasteiger partial charge is 0.417 e. The molecule has 0 aromatic carbocycles. The lowest BCUT2D eigenvalue weighted by Crippen LogP contribution is -2.45. The fraction of sp³-hybridized carbons (Fsp3) is 0.700. The van der Waals surface area contributed by atoms with E-state index >= 15 is 0 Å². The number of anilines is 1. The van der Waals surface area contributed by atoms with Gasteiger partial charge in [-0.15, -0.1) is 0 Å². The van der Waals surface area contributed by atoms with E-state index in [0.29, 0.717) is 31.7 Å². The molecule has 1 aromatic rings. The first kappa shape index (κ1) is 21.2. The van der Waals surface area contributed by atoms with Crippen molar-refractivity contribution in [2.24, 2.45) is 11.8 Å². The van der Waals surface area contributed by atoms with Gasteiger partial charge in [-0.3, -0.25) is 4.79 Å². The number of aromatic nitrogens is 1. The fourth-order valence-corrected chi connectivity index (χ4v) is 4.49. The van der Waals surface area contributed by atoms with Crippen molar-refractivity contribution in [1.29, 1.82) is 0 Å². The molecule has 1 aromatic heterocycles. The molecule has 1 aliphatic carbocycles. The first-order chi connectivity index (χ1) is 13.3. The molecule has 2 aliphatic rings. The number of alkyl halides is 3. The highest BCUT2D eigenvalue weighted by Gasteiger charge is 2.33. The van der Waals surface area contributed by atoms with Crippen molar-refractivity contribution in [2.45, 2.75) is 64.1 Å². The van der Waals surface area contributed by atoms with Crippen LogP contribution in [0, 0.1) is 11.8 Å². The third kappa shape index (κ3) is 5.10. The molecule has 1 amide bonds. The number of piperidine rings is 1. The molecule has 8 heteroatoms. The third-order valence-corrected chi connectivity index (χ3v) is 6.36. The van der Waals surface area contributed by atoms with Crippen LogP contribution in [0.15, 0.2) is 12.3 Å². The summed E-state index contributed by atoms with van der Waals surface area (Å²) in [5.74, 6) is 1.18. The Morgan fingerprint density at radius 1 is 1.21 bits per heavy atom. The molecule has 2 heterocycles. The molecule has 3 rings (SSSR count). The molecule has 1 saturated carbocycles. The molecule has 0 atom stereocenters. The number of amides is 1. The highest BCUT2D eigenvalue weighted by Crippen LogP contribution is 2.35. The second-order valence-corrected chi connectivity index (χ2v) is 8.33. The van der Waals surface area contributed by atoms with E-state index in [0.717, 1.165) is 31.0 Å². The van der Waals surface area contributed by atoms with E-state index in [1.54, 1.807) is 0 Å². The highest BCUT2D eigenvalue weighted by atomic mass is 35.5. The maximum atomic E-state index is 12.8. The van der Waals surface area contributed by atoms with E-state index in [-0.39, 0.29) is 22.9 Å². The molecule has 4 nitrogen and oxygen atoms in total. The van der Waals surface area contributed by atoms with Crippen LogP contribution in [0.25, 0.3) is 0 Å². The summed E-state index contributed by atoms with van der Waals surface area (Å²) in [6.45, 7) is 3.33. The van der Waals surface area contributed by atoms with E-state index in [9.17, 15) is 18.0 Å². The molecule has 156 valence electrons. The second-order valence-electron chi connectivity index (χ2n) is 7.92. The quantitative estimate of drug-likeness (QED) is 0.745. The number of rotatable bonds is 4. The van der Waals surface area contributed by atoms with E-state index < -0.39 is 11.7 Å².